The zero-order chi connectivity index (χ0) is 12.4. The quantitative estimate of drug-likeness (QED) is 0.855. The van der Waals surface area contributed by atoms with Crippen molar-refractivity contribution in [1.82, 2.24) is 4.90 Å². The third kappa shape index (κ3) is 3.48. The molecule has 1 saturated carbocycles. The van der Waals surface area contributed by atoms with Crippen LogP contribution in [0.3, 0.4) is 0 Å². The van der Waals surface area contributed by atoms with Crippen molar-refractivity contribution in [2.45, 2.75) is 18.9 Å². The van der Waals surface area contributed by atoms with Crippen molar-refractivity contribution in [3.8, 4) is 0 Å². The van der Waals surface area contributed by atoms with E-state index in [0.717, 1.165) is 18.5 Å². The van der Waals surface area contributed by atoms with E-state index in [4.69, 9.17) is 5.73 Å². The zero-order valence-corrected chi connectivity index (χ0v) is 10.00. The third-order valence-electron chi connectivity index (χ3n) is 3.15. The van der Waals surface area contributed by atoms with Gasteiger partial charge in [-0.15, -0.1) is 0 Å². The maximum absolute atomic E-state index is 13.1. The largest absolute Gasteiger partial charge is 0.323 e. The van der Waals surface area contributed by atoms with Gasteiger partial charge in [0.25, 0.3) is 0 Å². The lowest BCUT2D eigenvalue weighted by atomic mass is 10.1. The van der Waals surface area contributed by atoms with Crippen molar-refractivity contribution in [1.29, 1.82) is 0 Å². The number of nitrogens with zero attached hydrogens (tertiary/aromatic N) is 1. The molecule has 1 aliphatic carbocycles. The molecule has 1 aromatic carbocycles. The maximum Gasteiger partial charge on any atom is 0.159 e. The first-order valence-corrected chi connectivity index (χ1v) is 5.95. The van der Waals surface area contributed by atoms with E-state index in [1.54, 1.807) is 6.07 Å². The molecule has 0 spiro atoms. The first kappa shape index (κ1) is 12.5. The molecule has 0 heterocycles. The Bertz CT molecular complexity index is 391. The van der Waals surface area contributed by atoms with E-state index in [9.17, 15) is 8.78 Å². The highest BCUT2D eigenvalue weighted by molar-refractivity contribution is 5.21. The van der Waals surface area contributed by atoms with Gasteiger partial charge in [-0.2, -0.15) is 0 Å². The van der Waals surface area contributed by atoms with Gasteiger partial charge in [0, 0.05) is 19.1 Å². The lowest BCUT2D eigenvalue weighted by Gasteiger charge is -2.21. The molecule has 0 saturated heterocycles. The fourth-order valence-corrected chi connectivity index (χ4v) is 2.00. The molecule has 0 aliphatic heterocycles. The Morgan fingerprint density at radius 2 is 2.06 bits per heavy atom. The van der Waals surface area contributed by atoms with Gasteiger partial charge in [-0.3, -0.25) is 0 Å². The van der Waals surface area contributed by atoms with E-state index in [1.165, 1.54) is 18.9 Å². The molecule has 0 aromatic heterocycles. The Labute approximate surface area is 100 Å². The molecule has 0 amide bonds. The van der Waals surface area contributed by atoms with Gasteiger partial charge in [-0.25, -0.2) is 8.78 Å². The first-order chi connectivity index (χ1) is 8.06. The molecule has 4 heteroatoms. The summed E-state index contributed by atoms with van der Waals surface area (Å²) in [4.78, 5) is 2.16. The molecule has 1 aromatic rings. The Morgan fingerprint density at radius 3 is 2.65 bits per heavy atom. The van der Waals surface area contributed by atoms with Crippen LogP contribution in [0, 0.1) is 17.6 Å². The summed E-state index contributed by atoms with van der Waals surface area (Å²) in [5, 5.41) is 0. The Hall–Kier alpha value is -1.00. The maximum atomic E-state index is 13.1. The van der Waals surface area contributed by atoms with Crippen molar-refractivity contribution in [2.24, 2.45) is 11.7 Å². The molecule has 1 aliphatic rings. The summed E-state index contributed by atoms with van der Waals surface area (Å²) in [5.74, 6) is -0.854. The number of hydrogen-bond donors (Lipinski definition) is 1. The van der Waals surface area contributed by atoms with Crippen molar-refractivity contribution in [3.63, 3.8) is 0 Å². The summed E-state index contributed by atoms with van der Waals surface area (Å²) in [6.45, 7) is 1.71. The minimum Gasteiger partial charge on any atom is -0.323 e. The Balaban J connectivity index is 1.93. The van der Waals surface area contributed by atoms with Crippen LogP contribution < -0.4 is 5.73 Å². The average molecular weight is 240 g/mol. The molecule has 2 N–H and O–H groups in total. The summed E-state index contributed by atoms with van der Waals surface area (Å²) in [7, 11) is 2.01. The number of nitrogens with two attached hydrogens (primary N) is 1. The molecule has 2 rings (SSSR count). The van der Waals surface area contributed by atoms with E-state index in [1.807, 2.05) is 7.05 Å². The van der Waals surface area contributed by atoms with Crippen molar-refractivity contribution >= 4 is 0 Å². The number of benzene rings is 1. The van der Waals surface area contributed by atoms with Crippen LogP contribution in [0.1, 0.15) is 24.4 Å². The number of rotatable bonds is 5. The molecule has 2 nitrogen and oxygen atoms in total. The lowest BCUT2D eigenvalue weighted by molar-refractivity contribution is 0.300. The van der Waals surface area contributed by atoms with Gasteiger partial charge < -0.3 is 10.6 Å². The van der Waals surface area contributed by atoms with Gasteiger partial charge >= 0.3 is 0 Å². The number of hydrogen-bond acceptors (Lipinski definition) is 2. The standard InChI is InChI=1S/C13H18F2N2/c1-17(7-9-2-3-9)8-13(16)10-4-5-11(14)12(15)6-10/h4-6,9,13H,2-3,7-8,16H2,1H3. The van der Waals surface area contributed by atoms with Crippen molar-refractivity contribution < 1.29 is 8.78 Å². The van der Waals surface area contributed by atoms with Crippen LogP contribution >= 0.6 is 0 Å². The third-order valence-corrected chi connectivity index (χ3v) is 3.15. The second kappa shape index (κ2) is 5.10. The minimum atomic E-state index is -0.831. The predicted molar refractivity (Wildman–Crippen MR) is 63.5 cm³/mol. The molecule has 0 bridgehead atoms. The van der Waals surface area contributed by atoms with Crippen molar-refractivity contribution in [3.05, 3.63) is 35.4 Å². The molecular formula is C13H18F2N2. The predicted octanol–water partition coefficient (Wildman–Crippen LogP) is 2.31. The van der Waals surface area contributed by atoms with Crippen LogP contribution in [0.2, 0.25) is 0 Å². The Morgan fingerprint density at radius 1 is 1.35 bits per heavy atom. The van der Waals surface area contributed by atoms with Gasteiger partial charge in [0.2, 0.25) is 0 Å². The van der Waals surface area contributed by atoms with Crippen LogP contribution in [-0.4, -0.2) is 25.0 Å². The topological polar surface area (TPSA) is 29.3 Å². The molecule has 17 heavy (non-hydrogen) atoms. The number of halogens is 2. The highest BCUT2D eigenvalue weighted by atomic mass is 19.2. The van der Waals surface area contributed by atoms with Gasteiger partial charge in [-0.1, -0.05) is 6.07 Å². The SMILES string of the molecule is CN(CC1CC1)CC(N)c1ccc(F)c(F)c1. The molecule has 0 radical (unpaired) electrons. The molecule has 1 fully saturated rings. The molecular weight excluding hydrogens is 222 g/mol. The lowest BCUT2D eigenvalue weighted by Crippen LogP contribution is -2.30. The fraction of sp³-hybridized carbons (Fsp3) is 0.538. The molecule has 1 atom stereocenters. The van der Waals surface area contributed by atoms with E-state index < -0.39 is 11.6 Å². The van der Waals surface area contributed by atoms with Crippen LogP contribution in [0.15, 0.2) is 18.2 Å². The summed E-state index contributed by atoms with van der Waals surface area (Å²) < 4.78 is 25.8. The van der Waals surface area contributed by atoms with Gasteiger partial charge in [0.1, 0.15) is 0 Å². The minimum absolute atomic E-state index is 0.270. The summed E-state index contributed by atoms with van der Waals surface area (Å²) in [5.41, 5.74) is 6.63. The van der Waals surface area contributed by atoms with Crippen LogP contribution in [0.4, 0.5) is 8.78 Å². The van der Waals surface area contributed by atoms with Gasteiger partial charge in [-0.05, 0) is 43.5 Å². The van der Waals surface area contributed by atoms with Crippen LogP contribution in [-0.2, 0) is 0 Å². The van der Waals surface area contributed by atoms with E-state index >= 15 is 0 Å². The van der Waals surface area contributed by atoms with Crippen LogP contribution in [0.25, 0.3) is 0 Å². The molecule has 1 unspecified atom stereocenters. The van der Waals surface area contributed by atoms with E-state index in [0.29, 0.717) is 12.1 Å². The fourth-order valence-electron chi connectivity index (χ4n) is 2.00. The monoisotopic (exact) mass is 240 g/mol. The van der Waals surface area contributed by atoms with Crippen molar-refractivity contribution in [2.75, 3.05) is 20.1 Å². The number of likely N-dealkylation sites (N-methyl/N-ethyl adjacent to an activating group) is 1. The second-order valence-corrected chi connectivity index (χ2v) is 4.94. The van der Waals surface area contributed by atoms with E-state index in [-0.39, 0.29) is 6.04 Å². The zero-order valence-electron chi connectivity index (χ0n) is 10.00. The van der Waals surface area contributed by atoms with E-state index in [2.05, 4.69) is 4.90 Å². The second-order valence-electron chi connectivity index (χ2n) is 4.94. The highest BCUT2D eigenvalue weighted by Gasteiger charge is 2.23. The summed E-state index contributed by atoms with van der Waals surface area (Å²) in [6, 6.07) is 3.60. The summed E-state index contributed by atoms with van der Waals surface area (Å²) in [6.07, 6.45) is 2.59. The highest BCUT2D eigenvalue weighted by Crippen LogP contribution is 2.29. The van der Waals surface area contributed by atoms with Gasteiger partial charge in [0.05, 0.1) is 0 Å². The Kier molecular flexibility index (Phi) is 3.74. The normalized spacial score (nSPS) is 17.5. The first-order valence-electron chi connectivity index (χ1n) is 5.95. The summed E-state index contributed by atoms with van der Waals surface area (Å²) >= 11 is 0. The van der Waals surface area contributed by atoms with Crippen LogP contribution in [0.5, 0.6) is 0 Å². The smallest absolute Gasteiger partial charge is 0.159 e. The van der Waals surface area contributed by atoms with Gasteiger partial charge in [0.15, 0.2) is 11.6 Å². The average Bonchev–Trinajstić information content (AvgIpc) is 3.05. The molecule has 94 valence electrons.